The minimum absolute atomic E-state index is 0.00642. The number of halogens is 2. The number of hydrogen-bond donors (Lipinski definition) is 1. The zero-order chi connectivity index (χ0) is 24.6. The van der Waals surface area contributed by atoms with Crippen molar-refractivity contribution in [2.24, 2.45) is 0 Å². The number of hydrogen-bond acceptors (Lipinski definition) is 7. The molecule has 0 aliphatic carbocycles. The number of sulfonamides is 1. The molecule has 0 bridgehead atoms. The lowest BCUT2D eigenvalue weighted by Crippen LogP contribution is -2.38. The van der Waals surface area contributed by atoms with Crippen LogP contribution in [0.5, 0.6) is 0 Å². The number of benzene rings is 2. The normalized spacial score (nSPS) is 15.4. The van der Waals surface area contributed by atoms with E-state index in [4.69, 9.17) is 27.7 Å². The number of nitro benzene ring substituents is 1. The number of para-hydroxylation sites is 1. The fourth-order valence-electron chi connectivity index (χ4n) is 4.01. The summed E-state index contributed by atoms with van der Waals surface area (Å²) in [4.78, 5) is 22.3. The maximum absolute atomic E-state index is 13.1. The van der Waals surface area contributed by atoms with Crippen LogP contribution < -0.4 is 0 Å². The van der Waals surface area contributed by atoms with Gasteiger partial charge in [-0.2, -0.15) is 4.31 Å². The molecular formula is C21H17Cl2N3O7S. The van der Waals surface area contributed by atoms with E-state index >= 15 is 0 Å². The minimum atomic E-state index is -4.12. The van der Waals surface area contributed by atoms with Crippen LogP contribution >= 0.6 is 23.2 Å². The molecule has 10 nitrogen and oxygen atoms in total. The van der Waals surface area contributed by atoms with Gasteiger partial charge in [0.25, 0.3) is 5.69 Å². The molecule has 1 saturated heterocycles. The first-order chi connectivity index (χ1) is 16.1. The fourth-order valence-corrected chi connectivity index (χ4v) is 6.21. The van der Waals surface area contributed by atoms with Crippen molar-refractivity contribution in [2.45, 2.75) is 23.7 Å². The summed E-state index contributed by atoms with van der Waals surface area (Å²) in [6.07, 6.45) is 0.454. The van der Waals surface area contributed by atoms with Crippen LogP contribution in [0.4, 0.5) is 5.69 Å². The molecule has 1 N–H and O–H groups in total. The van der Waals surface area contributed by atoms with Crippen LogP contribution in [-0.2, 0) is 10.0 Å². The lowest BCUT2D eigenvalue weighted by molar-refractivity contribution is -0.387. The van der Waals surface area contributed by atoms with Crippen LogP contribution in [0.3, 0.4) is 0 Å². The molecule has 34 heavy (non-hydrogen) atoms. The maximum Gasteiger partial charge on any atom is 0.341 e. The lowest BCUT2D eigenvalue weighted by atomic mass is 9.91. The van der Waals surface area contributed by atoms with Crippen molar-refractivity contribution in [3.05, 3.63) is 73.9 Å². The lowest BCUT2D eigenvalue weighted by Gasteiger charge is -2.30. The number of aromatic nitrogens is 1. The molecule has 1 fully saturated rings. The molecule has 1 aromatic heterocycles. The smallest absolute Gasteiger partial charge is 0.341 e. The van der Waals surface area contributed by atoms with Crippen molar-refractivity contribution in [1.82, 2.24) is 9.46 Å². The zero-order valence-corrected chi connectivity index (χ0v) is 19.7. The zero-order valence-electron chi connectivity index (χ0n) is 17.3. The van der Waals surface area contributed by atoms with Crippen molar-refractivity contribution < 1.29 is 27.8 Å². The summed E-state index contributed by atoms with van der Waals surface area (Å²) in [6.45, 7) is 0.0297. The van der Waals surface area contributed by atoms with E-state index in [2.05, 4.69) is 5.16 Å². The van der Waals surface area contributed by atoms with Gasteiger partial charge in [0.2, 0.25) is 10.0 Å². The molecule has 0 amide bonds. The van der Waals surface area contributed by atoms with E-state index in [1.807, 2.05) is 0 Å². The van der Waals surface area contributed by atoms with Crippen molar-refractivity contribution in [1.29, 1.82) is 0 Å². The van der Waals surface area contributed by atoms with Crippen LogP contribution in [0.25, 0.3) is 11.3 Å². The van der Waals surface area contributed by atoms with Gasteiger partial charge >= 0.3 is 5.97 Å². The first-order valence-corrected chi connectivity index (χ1v) is 12.2. The van der Waals surface area contributed by atoms with Gasteiger partial charge in [-0.25, -0.2) is 13.2 Å². The molecule has 0 unspecified atom stereocenters. The van der Waals surface area contributed by atoms with E-state index in [1.54, 1.807) is 18.2 Å². The number of rotatable bonds is 6. The first-order valence-electron chi connectivity index (χ1n) is 10.0. The Kier molecular flexibility index (Phi) is 6.63. The van der Waals surface area contributed by atoms with Crippen molar-refractivity contribution >= 4 is 44.9 Å². The number of piperidine rings is 1. The van der Waals surface area contributed by atoms with Gasteiger partial charge in [-0.15, -0.1) is 0 Å². The number of aromatic carboxylic acids is 1. The molecule has 3 aromatic rings. The highest BCUT2D eigenvalue weighted by atomic mass is 35.5. The Labute approximate surface area is 203 Å². The van der Waals surface area contributed by atoms with Crippen LogP contribution in [-0.4, -0.2) is 47.0 Å². The third kappa shape index (κ3) is 4.27. The van der Waals surface area contributed by atoms with Gasteiger partial charge < -0.3 is 9.63 Å². The summed E-state index contributed by atoms with van der Waals surface area (Å²) in [5, 5.41) is 25.5. The van der Waals surface area contributed by atoms with Gasteiger partial charge in [0, 0.05) is 30.6 Å². The Morgan fingerprint density at radius 2 is 1.74 bits per heavy atom. The van der Waals surface area contributed by atoms with Gasteiger partial charge in [0.15, 0.2) is 10.7 Å². The SMILES string of the molecule is O=C(O)c1c(-c2c(Cl)cccc2Cl)noc1C1CCN(S(=O)(=O)c2ccccc2[N+](=O)[O-])CC1. The average molecular weight is 526 g/mol. The Hall–Kier alpha value is -2.99. The topological polar surface area (TPSA) is 144 Å². The molecule has 0 radical (unpaired) electrons. The quantitative estimate of drug-likeness (QED) is 0.356. The second kappa shape index (κ2) is 9.34. The molecule has 2 heterocycles. The highest BCUT2D eigenvalue weighted by Crippen LogP contribution is 2.41. The van der Waals surface area contributed by atoms with E-state index in [-0.39, 0.29) is 63.5 Å². The minimum Gasteiger partial charge on any atom is -0.477 e. The number of carboxylic acid groups (broad SMARTS) is 1. The average Bonchev–Trinajstić information content (AvgIpc) is 3.24. The van der Waals surface area contributed by atoms with Crippen molar-refractivity contribution in [2.75, 3.05) is 13.1 Å². The van der Waals surface area contributed by atoms with E-state index < -0.39 is 32.5 Å². The molecule has 2 aromatic carbocycles. The Morgan fingerprint density at radius 1 is 1.12 bits per heavy atom. The molecule has 4 rings (SSSR count). The third-order valence-electron chi connectivity index (χ3n) is 5.64. The number of carboxylic acids is 1. The molecular weight excluding hydrogens is 509 g/mol. The molecule has 0 atom stereocenters. The molecule has 1 aliphatic rings. The predicted molar refractivity (Wildman–Crippen MR) is 123 cm³/mol. The Bertz CT molecular complexity index is 1360. The largest absolute Gasteiger partial charge is 0.477 e. The van der Waals surface area contributed by atoms with Crippen LogP contribution in [0.2, 0.25) is 10.0 Å². The Morgan fingerprint density at radius 3 is 2.32 bits per heavy atom. The Balaban J connectivity index is 1.62. The standard InChI is InChI=1S/C21H17Cl2N3O7S/c22-13-4-3-5-14(23)17(13)19-18(21(27)28)20(33-24-19)12-8-10-25(11-9-12)34(31,32)16-7-2-1-6-15(16)26(29)30/h1-7,12H,8-11H2,(H,27,28). The first kappa shape index (κ1) is 24.1. The summed E-state index contributed by atoms with van der Waals surface area (Å²) < 4.78 is 32.7. The molecule has 178 valence electrons. The summed E-state index contributed by atoms with van der Waals surface area (Å²) in [7, 11) is -4.12. The highest BCUT2D eigenvalue weighted by molar-refractivity contribution is 7.89. The van der Waals surface area contributed by atoms with Crippen molar-refractivity contribution in [3.63, 3.8) is 0 Å². The van der Waals surface area contributed by atoms with E-state index in [9.17, 15) is 28.4 Å². The highest BCUT2D eigenvalue weighted by Gasteiger charge is 2.37. The summed E-state index contributed by atoms with van der Waals surface area (Å²) in [5.74, 6) is -1.62. The summed E-state index contributed by atoms with van der Waals surface area (Å²) in [6, 6.07) is 9.85. The van der Waals surface area contributed by atoms with Gasteiger partial charge in [-0.05, 0) is 31.0 Å². The van der Waals surface area contributed by atoms with Crippen LogP contribution in [0.1, 0.15) is 34.9 Å². The number of carbonyl (C=O) groups is 1. The molecule has 1 aliphatic heterocycles. The van der Waals surface area contributed by atoms with Gasteiger partial charge in [-0.1, -0.05) is 46.6 Å². The van der Waals surface area contributed by atoms with Gasteiger partial charge in [0.1, 0.15) is 11.3 Å². The van der Waals surface area contributed by atoms with Gasteiger partial charge in [-0.3, -0.25) is 10.1 Å². The summed E-state index contributed by atoms with van der Waals surface area (Å²) in [5.41, 5.74) is -0.466. The van der Waals surface area contributed by atoms with Crippen LogP contribution in [0, 0.1) is 10.1 Å². The van der Waals surface area contributed by atoms with E-state index in [1.165, 1.54) is 18.2 Å². The van der Waals surface area contributed by atoms with Crippen molar-refractivity contribution in [3.8, 4) is 11.3 Å². The van der Waals surface area contributed by atoms with E-state index in [0.717, 1.165) is 10.4 Å². The second-order valence-corrected chi connectivity index (χ2v) is 10.3. The third-order valence-corrected chi connectivity index (χ3v) is 8.21. The van der Waals surface area contributed by atoms with Gasteiger partial charge in [0.05, 0.1) is 15.0 Å². The molecule has 0 spiro atoms. The summed E-state index contributed by atoms with van der Waals surface area (Å²) >= 11 is 12.4. The maximum atomic E-state index is 13.1. The number of nitro groups is 1. The van der Waals surface area contributed by atoms with E-state index in [0.29, 0.717) is 0 Å². The van der Waals surface area contributed by atoms with Crippen LogP contribution in [0.15, 0.2) is 51.9 Å². The monoisotopic (exact) mass is 525 g/mol. The number of nitrogens with zero attached hydrogens (tertiary/aromatic N) is 3. The predicted octanol–water partition coefficient (Wildman–Crippen LogP) is 4.82. The molecule has 13 heteroatoms. The second-order valence-electron chi connectivity index (χ2n) is 7.58. The fraction of sp³-hybridized carbons (Fsp3) is 0.238. The molecule has 0 saturated carbocycles.